The molecule has 2 atom stereocenters. The van der Waals surface area contributed by atoms with E-state index in [9.17, 15) is 0 Å². The van der Waals surface area contributed by atoms with E-state index in [1.165, 1.54) is 11.6 Å². The second-order valence-electron chi connectivity index (χ2n) is 8.45. The first-order valence-corrected chi connectivity index (χ1v) is 15.2. The smallest absolute Gasteiger partial charge is 0.0999 e. The molecule has 0 aliphatic carbocycles. The van der Waals surface area contributed by atoms with Gasteiger partial charge in [0.2, 0.25) is 0 Å². The van der Waals surface area contributed by atoms with Gasteiger partial charge in [0.1, 0.15) is 8.07 Å². The summed E-state index contributed by atoms with van der Waals surface area (Å²) in [4.78, 5) is 0. The molecule has 0 amide bonds. The third kappa shape index (κ3) is 3.98. The van der Waals surface area contributed by atoms with E-state index in [1.54, 1.807) is 15.6 Å². The van der Waals surface area contributed by atoms with E-state index in [-0.39, 0.29) is 0 Å². The Hall–Kier alpha value is -1.39. The molecule has 128 valence electrons. The summed E-state index contributed by atoms with van der Waals surface area (Å²) in [6.07, 6.45) is 0. The van der Waals surface area contributed by atoms with E-state index in [0.717, 1.165) is 0 Å². The normalized spacial score (nSPS) is 15.6. The van der Waals surface area contributed by atoms with Crippen molar-refractivity contribution in [2.45, 2.75) is 46.1 Å². The van der Waals surface area contributed by atoms with Gasteiger partial charge < -0.3 is 0 Å². The van der Waals surface area contributed by atoms with Crippen LogP contribution in [0.5, 0.6) is 0 Å². The first-order chi connectivity index (χ1) is 11.2. The Morgan fingerprint density at radius 2 is 1.38 bits per heavy atom. The van der Waals surface area contributed by atoms with Crippen LogP contribution in [0.1, 0.15) is 13.8 Å². The minimum Gasteiger partial charge on any atom is -0.0999 e. The summed E-state index contributed by atoms with van der Waals surface area (Å²) in [6.45, 7) is 18.7. The minimum absolute atomic E-state index is 0.552. The summed E-state index contributed by atoms with van der Waals surface area (Å²) >= 11 is 0. The predicted octanol–water partition coefficient (Wildman–Crippen LogP) is 4.64. The Labute approximate surface area is 150 Å². The quantitative estimate of drug-likeness (QED) is 0.525. The molecule has 0 fully saturated rings. The molecular weight excluding hydrogens is 320 g/mol. The van der Waals surface area contributed by atoms with E-state index < -0.39 is 16.1 Å². The largest absolute Gasteiger partial charge is 0.115 e. The zero-order valence-corrected chi connectivity index (χ0v) is 18.2. The number of allylic oxidation sites excluding steroid dienone is 1. The molecule has 2 aromatic carbocycles. The Balaban J connectivity index is 2.66. The van der Waals surface area contributed by atoms with Crippen LogP contribution in [0.2, 0.25) is 32.2 Å². The number of hydrogen-bond acceptors (Lipinski definition) is 0. The molecule has 2 heteroatoms. The van der Waals surface area contributed by atoms with E-state index in [2.05, 4.69) is 101 Å². The molecule has 0 aromatic heterocycles. The highest BCUT2D eigenvalue weighted by Crippen LogP contribution is 2.22. The number of hydrogen-bond donors (Lipinski definition) is 0. The van der Waals surface area contributed by atoms with Crippen molar-refractivity contribution in [1.82, 2.24) is 0 Å². The Bertz CT molecular complexity index is 697. The van der Waals surface area contributed by atoms with Crippen molar-refractivity contribution in [3.05, 3.63) is 66.7 Å². The Morgan fingerprint density at radius 3 is 1.88 bits per heavy atom. The van der Waals surface area contributed by atoms with Gasteiger partial charge in [0.05, 0.1) is 8.07 Å². The van der Waals surface area contributed by atoms with Gasteiger partial charge in [0.15, 0.2) is 0 Å². The topological polar surface area (TPSA) is 0 Å². The summed E-state index contributed by atoms with van der Waals surface area (Å²) in [7, 11) is -3.19. The number of rotatable bonds is 6. The highest BCUT2D eigenvalue weighted by Gasteiger charge is 2.37. The fourth-order valence-electron chi connectivity index (χ4n) is 3.59. The molecule has 0 N–H and O–H groups in total. The Morgan fingerprint density at radius 1 is 0.875 bits per heavy atom. The second-order valence-corrected chi connectivity index (χ2v) is 17.7. The molecule has 0 bridgehead atoms. The standard InChI is InChI=1S/C22H32Si2/c1-18(2)19(3)17-24(7,20-13-9-8-10-14-20)22-16-12-11-15-21(22)23(4,5)6/h8-16,19H,1,17H2,2-7H3. The van der Waals surface area contributed by atoms with E-state index in [4.69, 9.17) is 0 Å². The third-order valence-electron chi connectivity index (χ3n) is 5.30. The average molecular weight is 353 g/mol. The van der Waals surface area contributed by atoms with Gasteiger partial charge in [-0.1, -0.05) is 115 Å². The number of benzene rings is 2. The molecule has 2 rings (SSSR count). The lowest BCUT2D eigenvalue weighted by Gasteiger charge is -2.36. The van der Waals surface area contributed by atoms with Crippen LogP contribution >= 0.6 is 0 Å². The SMILES string of the molecule is C=C(C)C(C)C[Si](C)(c1ccccc1)c1ccccc1[Si](C)(C)C. The fourth-order valence-corrected chi connectivity index (χ4v) is 11.4. The van der Waals surface area contributed by atoms with Crippen LogP contribution in [0.4, 0.5) is 0 Å². The maximum Gasteiger partial charge on any atom is 0.115 e. The fraction of sp³-hybridized carbons (Fsp3) is 0.364. The van der Waals surface area contributed by atoms with E-state index in [1.807, 2.05) is 0 Å². The predicted molar refractivity (Wildman–Crippen MR) is 116 cm³/mol. The summed E-state index contributed by atoms with van der Waals surface area (Å²) in [5.74, 6) is 0.552. The first-order valence-electron chi connectivity index (χ1n) is 8.97. The molecule has 0 aliphatic heterocycles. The first kappa shape index (κ1) is 18.9. The van der Waals surface area contributed by atoms with Crippen molar-refractivity contribution in [2.75, 3.05) is 0 Å². The van der Waals surface area contributed by atoms with Crippen molar-refractivity contribution in [3.8, 4) is 0 Å². The average Bonchev–Trinajstić information content (AvgIpc) is 2.54. The van der Waals surface area contributed by atoms with Gasteiger partial charge in [-0.05, 0) is 18.9 Å². The zero-order valence-electron chi connectivity index (χ0n) is 16.2. The van der Waals surface area contributed by atoms with Gasteiger partial charge in [0, 0.05) is 0 Å². The van der Waals surface area contributed by atoms with Crippen molar-refractivity contribution in [2.24, 2.45) is 5.92 Å². The van der Waals surface area contributed by atoms with Crippen LogP contribution < -0.4 is 15.6 Å². The molecule has 0 spiro atoms. The van der Waals surface area contributed by atoms with Gasteiger partial charge in [0.25, 0.3) is 0 Å². The molecule has 2 aromatic rings. The highest BCUT2D eigenvalue weighted by atomic mass is 28.3. The van der Waals surface area contributed by atoms with Crippen LogP contribution in [0.25, 0.3) is 0 Å². The zero-order chi connectivity index (χ0) is 18.0. The maximum atomic E-state index is 4.23. The highest BCUT2D eigenvalue weighted by molar-refractivity contribution is 7.06. The summed E-state index contributed by atoms with van der Waals surface area (Å²) in [6, 6.07) is 21.7. The maximum absolute atomic E-state index is 4.23. The lowest BCUT2D eigenvalue weighted by molar-refractivity contribution is 0.760. The van der Waals surface area contributed by atoms with Crippen LogP contribution in [0.3, 0.4) is 0 Å². The van der Waals surface area contributed by atoms with Gasteiger partial charge in [-0.2, -0.15) is 0 Å². The lowest BCUT2D eigenvalue weighted by atomic mass is 10.1. The van der Waals surface area contributed by atoms with Crippen LogP contribution in [0.15, 0.2) is 66.7 Å². The van der Waals surface area contributed by atoms with E-state index >= 15 is 0 Å². The van der Waals surface area contributed by atoms with Gasteiger partial charge in [-0.15, -0.1) is 0 Å². The van der Waals surface area contributed by atoms with E-state index in [0.29, 0.717) is 5.92 Å². The molecule has 0 radical (unpaired) electrons. The lowest BCUT2D eigenvalue weighted by Crippen LogP contribution is -2.65. The van der Waals surface area contributed by atoms with Crippen molar-refractivity contribution in [1.29, 1.82) is 0 Å². The van der Waals surface area contributed by atoms with Crippen LogP contribution in [-0.2, 0) is 0 Å². The minimum atomic E-state index is -1.81. The monoisotopic (exact) mass is 352 g/mol. The molecule has 24 heavy (non-hydrogen) atoms. The molecular formula is C22H32Si2. The van der Waals surface area contributed by atoms with Crippen molar-refractivity contribution < 1.29 is 0 Å². The molecule has 0 saturated heterocycles. The summed E-state index contributed by atoms with van der Waals surface area (Å²) in [5.41, 5.74) is 1.30. The van der Waals surface area contributed by atoms with Crippen molar-refractivity contribution in [3.63, 3.8) is 0 Å². The second kappa shape index (κ2) is 7.24. The molecule has 2 unspecified atom stereocenters. The van der Waals surface area contributed by atoms with Gasteiger partial charge >= 0.3 is 0 Å². The summed E-state index contributed by atoms with van der Waals surface area (Å²) < 4.78 is 0. The van der Waals surface area contributed by atoms with Crippen LogP contribution in [0, 0.1) is 5.92 Å². The summed E-state index contributed by atoms with van der Waals surface area (Å²) in [5, 5.41) is 4.82. The van der Waals surface area contributed by atoms with Gasteiger partial charge in [-0.3, -0.25) is 0 Å². The molecule has 0 aliphatic rings. The van der Waals surface area contributed by atoms with Crippen molar-refractivity contribution >= 4 is 31.7 Å². The van der Waals surface area contributed by atoms with Gasteiger partial charge in [-0.25, -0.2) is 0 Å². The molecule has 0 saturated carbocycles. The molecule has 0 heterocycles. The molecule has 0 nitrogen and oxygen atoms in total. The third-order valence-corrected chi connectivity index (χ3v) is 12.3. The van der Waals surface area contributed by atoms with Crippen LogP contribution in [-0.4, -0.2) is 16.1 Å². The Kier molecular flexibility index (Phi) is 5.72.